The zero-order valence-corrected chi connectivity index (χ0v) is 9.14. The lowest BCUT2D eigenvalue weighted by Crippen LogP contribution is -2.09. The van der Waals surface area contributed by atoms with Crippen LogP contribution >= 0.6 is 11.6 Å². The molecule has 16 heavy (non-hydrogen) atoms. The van der Waals surface area contributed by atoms with Gasteiger partial charge < -0.3 is 9.72 Å². The van der Waals surface area contributed by atoms with E-state index in [0.717, 1.165) is 5.56 Å². The third-order valence-electron chi connectivity index (χ3n) is 2.10. The van der Waals surface area contributed by atoms with E-state index in [0.29, 0.717) is 16.2 Å². The average Bonchev–Trinajstić information content (AvgIpc) is 2.61. The number of carbonyl (C=O) groups excluding carboxylic acids is 1. The first-order valence-corrected chi connectivity index (χ1v) is 4.90. The van der Waals surface area contributed by atoms with Gasteiger partial charge in [0.15, 0.2) is 12.4 Å². The number of carbonyl (C=O) groups is 1. The van der Waals surface area contributed by atoms with Gasteiger partial charge in [0.1, 0.15) is 10.7 Å². The lowest BCUT2D eigenvalue weighted by Gasteiger charge is -2.00. The molecule has 0 spiro atoms. The number of aryl methyl sites for hydroxylation is 1. The molecule has 0 aliphatic carbocycles. The summed E-state index contributed by atoms with van der Waals surface area (Å²) in [5.74, 6) is -0.774. The lowest BCUT2D eigenvalue weighted by atomic mass is 10.2. The molecule has 0 atom stereocenters. The van der Waals surface area contributed by atoms with E-state index in [9.17, 15) is 9.18 Å². The van der Waals surface area contributed by atoms with E-state index in [4.69, 9.17) is 16.3 Å². The Morgan fingerprint density at radius 3 is 3.12 bits per heavy atom. The van der Waals surface area contributed by atoms with Crippen LogP contribution in [0.3, 0.4) is 0 Å². The van der Waals surface area contributed by atoms with Crippen LogP contribution in [-0.2, 0) is 4.79 Å². The van der Waals surface area contributed by atoms with Crippen LogP contribution in [0.1, 0.15) is 5.56 Å². The van der Waals surface area contributed by atoms with Crippen molar-refractivity contribution < 1.29 is 13.9 Å². The molecule has 0 unspecified atom stereocenters. The van der Waals surface area contributed by atoms with Gasteiger partial charge in [0, 0.05) is 6.20 Å². The summed E-state index contributed by atoms with van der Waals surface area (Å²) in [4.78, 5) is 17.7. The molecule has 2 aromatic heterocycles. The first-order chi connectivity index (χ1) is 7.61. The predicted octanol–water partition coefficient (Wildman–Crippen LogP) is 2.40. The third-order valence-corrected chi connectivity index (χ3v) is 2.29. The topological polar surface area (TPSA) is 55.0 Å². The van der Waals surface area contributed by atoms with Crippen LogP contribution in [0.2, 0.25) is 5.15 Å². The number of fused-ring (bicyclic) bond motifs is 1. The summed E-state index contributed by atoms with van der Waals surface area (Å²) in [6, 6.07) is 1.68. The van der Waals surface area contributed by atoms with Crippen LogP contribution < -0.4 is 4.74 Å². The van der Waals surface area contributed by atoms with Gasteiger partial charge in [0.05, 0.1) is 5.52 Å². The number of alkyl halides is 1. The number of esters is 1. The molecule has 0 saturated carbocycles. The maximum absolute atomic E-state index is 12.0. The van der Waals surface area contributed by atoms with Crippen LogP contribution in [0.25, 0.3) is 11.0 Å². The van der Waals surface area contributed by atoms with E-state index in [1.54, 1.807) is 6.07 Å². The zero-order valence-electron chi connectivity index (χ0n) is 8.38. The van der Waals surface area contributed by atoms with Gasteiger partial charge in [0.2, 0.25) is 0 Å². The summed E-state index contributed by atoms with van der Waals surface area (Å²) in [7, 11) is 0. The number of nitrogens with one attached hydrogen (secondary N) is 1. The number of aromatic nitrogens is 2. The van der Waals surface area contributed by atoms with E-state index >= 15 is 0 Å². The Balaban J connectivity index is 2.51. The number of ether oxygens (including phenoxy) is 1. The van der Waals surface area contributed by atoms with Crippen LogP contribution in [0, 0.1) is 6.92 Å². The fourth-order valence-electron chi connectivity index (χ4n) is 1.43. The minimum atomic E-state index is -1.17. The highest BCUT2D eigenvalue weighted by atomic mass is 35.5. The molecule has 0 amide bonds. The molecule has 0 radical (unpaired) electrons. The molecule has 0 bridgehead atoms. The number of H-pyrrole nitrogens is 1. The Morgan fingerprint density at radius 1 is 1.69 bits per heavy atom. The van der Waals surface area contributed by atoms with Crippen molar-refractivity contribution in [1.29, 1.82) is 0 Å². The second-order valence-corrected chi connectivity index (χ2v) is 3.63. The zero-order chi connectivity index (χ0) is 11.7. The van der Waals surface area contributed by atoms with Crippen molar-refractivity contribution in [3.05, 3.63) is 23.0 Å². The molecule has 0 aromatic carbocycles. The fraction of sp³-hybridized carbons (Fsp3) is 0.200. The van der Waals surface area contributed by atoms with Gasteiger partial charge in [0.25, 0.3) is 0 Å². The van der Waals surface area contributed by atoms with Crippen molar-refractivity contribution in [3.8, 4) is 5.75 Å². The van der Waals surface area contributed by atoms with Gasteiger partial charge in [-0.3, -0.25) is 0 Å². The standard InChI is InChI=1S/C10H8ClFN2O2/c1-5-2-7(11)14-10-6(4-13-9(5)10)16-8(15)3-12/h2,4,13H,3H2,1H3. The van der Waals surface area contributed by atoms with Crippen molar-refractivity contribution in [2.24, 2.45) is 0 Å². The summed E-state index contributed by atoms with van der Waals surface area (Å²) in [6.07, 6.45) is 1.45. The maximum Gasteiger partial charge on any atom is 0.343 e. The molecule has 0 aliphatic heterocycles. The molecule has 2 heterocycles. The fourth-order valence-corrected chi connectivity index (χ4v) is 1.68. The molecular weight excluding hydrogens is 235 g/mol. The molecule has 0 aliphatic rings. The van der Waals surface area contributed by atoms with Gasteiger partial charge in [-0.1, -0.05) is 11.6 Å². The summed E-state index contributed by atoms with van der Waals surface area (Å²) in [5, 5.41) is 0.294. The Labute approximate surface area is 95.4 Å². The van der Waals surface area contributed by atoms with Gasteiger partial charge in [-0.25, -0.2) is 14.2 Å². The lowest BCUT2D eigenvalue weighted by molar-refractivity contribution is -0.135. The number of halogens is 2. The van der Waals surface area contributed by atoms with E-state index in [-0.39, 0.29) is 5.75 Å². The van der Waals surface area contributed by atoms with Crippen molar-refractivity contribution in [2.45, 2.75) is 6.92 Å². The largest absolute Gasteiger partial charge is 0.421 e. The highest BCUT2D eigenvalue weighted by molar-refractivity contribution is 6.30. The Hall–Kier alpha value is -1.62. The Kier molecular flexibility index (Phi) is 2.78. The monoisotopic (exact) mass is 242 g/mol. The maximum atomic E-state index is 12.0. The summed E-state index contributed by atoms with van der Waals surface area (Å²) >= 11 is 5.78. The van der Waals surface area contributed by atoms with Crippen LogP contribution in [0.4, 0.5) is 4.39 Å². The van der Waals surface area contributed by atoms with Gasteiger partial charge in [-0.15, -0.1) is 0 Å². The van der Waals surface area contributed by atoms with E-state index in [2.05, 4.69) is 9.97 Å². The second kappa shape index (κ2) is 4.09. The van der Waals surface area contributed by atoms with Gasteiger partial charge in [-0.05, 0) is 18.6 Å². The van der Waals surface area contributed by atoms with Crippen molar-refractivity contribution in [2.75, 3.05) is 6.67 Å². The smallest absolute Gasteiger partial charge is 0.343 e. The van der Waals surface area contributed by atoms with Crippen molar-refractivity contribution in [3.63, 3.8) is 0 Å². The normalized spacial score (nSPS) is 10.7. The van der Waals surface area contributed by atoms with Gasteiger partial charge in [-0.2, -0.15) is 0 Å². The molecule has 2 rings (SSSR count). The highest BCUT2D eigenvalue weighted by Crippen LogP contribution is 2.27. The number of hydrogen-bond donors (Lipinski definition) is 1. The minimum absolute atomic E-state index is 0.184. The van der Waals surface area contributed by atoms with Gasteiger partial charge >= 0.3 is 5.97 Å². The summed E-state index contributed by atoms with van der Waals surface area (Å²) in [5.41, 5.74) is 2.01. The molecule has 0 fully saturated rings. The van der Waals surface area contributed by atoms with Crippen molar-refractivity contribution >= 4 is 28.6 Å². The van der Waals surface area contributed by atoms with E-state index in [1.807, 2.05) is 6.92 Å². The Bertz CT molecular complexity index is 553. The number of hydrogen-bond acceptors (Lipinski definition) is 3. The predicted molar refractivity (Wildman–Crippen MR) is 57.5 cm³/mol. The molecule has 4 nitrogen and oxygen atoms in total. The molecule has 1 N–H and O–H groups in total. The highest BCUT2D eigenvalue weighted by Gasteiger charge is 2.13. The number of aromatic amines is 1. The molecular formula is C10H8ClFN2O2. The second-order valence-electron chi connectivity index (χ2n) is 3.25. The molecule has 6 heteroatoms. The van der Waals surface area contributed by atoms with Crippen LogP contribution in [0.5, 0.6) is 5.75 Å². The minimum Gasteiger partial charge on any atom is -0.421 e. The van der Waals surface area contributed by atoms with E-state index in [1.165, 1.54) is 6.20 Å². The van der Waals surface area contributed by atoms with Crippen LogP contribution in [0.15, 0.2) is 12.3 Å². The average molecular weight is 243 g/mol. The van der Waals surface area contributed by atoms with Crippen LogP contribution in [-0.4, -0.2) is 22.6 Å². The molecule has 2 aromatic rings. The summed E-state index contributed by atoms with van der Waals surface area (Å²) < 4.78 is 16.8. The first-order valence-electron chi connectivity index (χ1n) is 4.52. The molecule has 84 valence electrons. The number of rotatable bonds is 2. The number of nitrogens with zero attached hydrogens (tertiary/aromatic N) is 1. The number of pyridine rings is 1. The summed E-state index contributed by atoms with van der Waals surface area (Å²) in [6.45, 7) is 0.666. The first kappa shape index (κ1) is 10.9. The van der Waals surface area contributed by atoms with E-state index < -0.39 is 12.6 Å². The van der Waals surface area contributed by atoms with Crippen molar-refractivity contribution in [1.82, 2.24) is 9.97 Å². The Morgan fingerprint density at radius 2 is 2.44 bits per heavy atom. The third kappa shape index (κ3) is 1.86. The SMILES string of the molecule is Cc1cc(Cl)nc2c(OC(=O)CF)c[nH]c12. The quantitative estimate of drug-likeness (QED) is 0.650. The molecule has 0 saturated heterocycles.